The zero-order valence-electron chi connectivity index (χ0n) is 16.1. The SMILES string of the molecule is CN=C(NCc1csc(N(C)C)n1)NCC(C)(C)N1CCCCC1.I. The minimum Gasteiger partial charge on any atom is -0.355 e. The number of nitrogens with zero attached hydrogens (tertiary/aromatic N) is 4. The smallest absolute Gasteiger partial charge is 0.191 e. The summed E-state index contributed by atoms with van der Waals surface area (Å²) >= 11 is 1.66. The monoisotopic (exact) mass is 480 g/mol. The molecule has 2 rings (SSSR count). The van der Waals surface area contributed by atoms with E-state index in [2.05, 4.69) is 44.7 Å². The van der Waals surface area contributed by atoms with Gasteiger partial charge in [0.2, 0.25) is 0 Å². The lowest BCUT2D eigenvalue weighted by molar-refractivity contribution is 0.0982. The maximum absolute atomic E-state index is 4.59. The molecule has 1 fully saturated rings. The molecule has 0 radical (unpaired) electrons. The van der Waals surface area contributed by atoms with Crippen LogP contribution in [0.4, 0.5) is 5.13 Å². The number of rotatable bonds is 6. The third kappa shape index (κ3) is 6.90. The normalized spacial score (nSPS) is 16.3. The maximum atomic E-state index is 4.59. The highest BCUT2D eigenvalue weighted by Gasteiger charge is 2.27. The Bertz CT molecular complexity index is 537. The number of anilines is 1. The first-order valence-electron chi connectivity index (χ1n) is 8.73. The lowest BCUT2D eigenvalue weighted by Crippen LogP contribution is -2.54. The minimum absolute atomic E-state index is 0. The van der Waals surface area contributed by atoms with Crippen molar-refractivity contribution in [3.63, 3.8) is 0 Å². The number of aromatic nitrogens is 1. The van der Waals surface area contributed by atoms with Crippen LogP contribution in [0.1, 0.15) is 38.8 Å². The fraction of sp³-hybridized carbons (Fsp3) is 0.765. The van der Waals surface area contributed by atoms with Crippen LogP contribution in [-0.2, 0) is 6.54 Å². The molecule has 25 heavy (non-hydrogen) atoms. The summed E-state index contributed by atoms with van der Waals surface area (Å²) in [4.78, 5) is 13.5. The highest BCUT2D eigenvalue weighted by molar-refractivity contribution is 14.0. The average Bonchev–Trinajstić information content (AvgIpc) is 3.05. The number of thiazole rings is 1. The molecular formula is C17H33IN6S. The van der Waals surface area contributed by atoms with E-state index in [-0.39, 0.29) is 29.5 Å². The highest BCUT2D eigenvalue weighted by Crippen LogP contribution is 2.20. The van der Waals surface area contributed by atoms with Crippen LogP contribution in [0.2, 0.25) is 0 Å². The van der Waals surface area contributed by atoms with Gasteiger partial charge in [0.15, 0.2) is 11.1 Å². The first kappa shape index (κ1) is 22.4. The Hall–Kier alpha value is -0.610. The van der Waals surface area contributed by atoms with E-state index in [1.165, 1.54) is 32.4 Å². The van der Waals surface area contributed by atoms with Gasteiger partial charge in [0.1, 0.15) is 0 Å². The van der Waals surface area contributed by atoms with Crippen molar-refractivity contribution >= 4 is 46.4 Å². The van der Waals surface area contributed by atoms with Crippen LogP contribution in [0.5, 0.6) is 0 Å². The largest absolute Gasteiger partial charge is 0.355 e. The number of nitrogens with one attached hydrogen (secondary N) is 2. The predicted octanol–water partition coefficient (Wildman–Crippen LogP) is 2.76. The molecule has 1 aromatic heterocycles. The van der Waals surface area contributed by atoms with E-state index in [1.807, 2.05) is 26.0 Å². The lowest BCUT2D eigenvalue weighted by atomic mass is 9.98. The van der Waals surface area contributed by atoms with Gasteiger partial charge in [-0.1, -0.05) is 6.42 Å². The van der Waals surface area contributed by atoms with Crippen LogP contribution >= 0.6 is 35.3 Å². The summed E-state index contributed by atoms with van der Waals surface area (Å²) in [7, 11) is 5.84. The highest BCUT2D eigenvalue weighted by atomic mass is 127. The van der Waals surface area contributed by atoms with Crippen LogP contribution in [0.3, 0.4) is 0 Å². The fourth-order valence-electron chi connectivity index (χ4n) is 2.89. The Labute approximate surface area is 173 Å². The molecule has 6 nitrogen and oxygen atoms in total. The standard InChI is InChI=1S/C17H32N6S.HI/c1-17(2,23-9-7-6-8-10-23)13-20-15(18-3)19-11-14-12-24-16(21-14)22(4)5;/h12H,6-11,13H2,1-5H3,(H2,18,19,20);1H. The fourth-order valence-corrected chi connectivity index (χ4v) is 3.65. The second-order valence-electron chi connectivity index (χ2n) is 7.16. The van der Waals surface area contributed by atoms with Gasteiger partial charge in [-0.2, -0.15) is 0 Å². The summed E-state index contributed by atoms with van der Waals surface area (Å²) in [5.41, 5.74) is 1.18. The van der Waals surface area contributed by atoms with Gasteiger partial charge in [-0.3, -0.25) is 9.89 Å². The number of halogens is 1. The Morgan fingerprint density at radius 1 is 1.28 bits per heavy atom. The molecule has 1 aliphatic heterocycles. The molecular weight excluding hydrogens is 447 g/mol. The van der Waals surface area contributed by atoms with E-state index < -0.39 is 0 Å². The number of aliphatic imine (C=N–C) groups is 1. The van der Waals surface area contributed by atoms with Crippen LogP contribution in [0, 0.1) is 0 Å². The van der Waals surface area contributed by atoms with E-state index in [0.29, 0.717) is 6.54 Å². The van der Waals surface area contributed by atoms with Gasteiger partial charge in [0.05, 0.1) is 12.2 Å². The minimum atomic E-state index is 0. The van der Waals surface area contributed by atoms with Gasteiger partial charge >= 0.3 is 0 Å². The second kappa shape index (κ2) is 10.5. The molecule has 8 heteroatoms. The van der Waals surface area contributed by atoms with Crippen molar-refractivity contribution < 1.29 is 0 Å². The van der Waals surface area contributed by atoms with Crippen molar-refractivity contribution in [1.29, 1.82) is 0 Å². The van der Waals surface area contributed by atoms with Crippen LogP contribution in [0.15, 0.2) is 10.4 Å². The molecule has 0 aromatic carbocycles. The number of hydrogen-bond acceptors (Lipinski definition) is 5. The van der Waals surface area contributed by atoms with Gasteiger partial charge in [-0.15, -0.1) is 35.3 Å². The van der Waals surface area contributed by atoms with Gasteiger partial charge in [0, 0.05) is 38.6 Å². The molecule has 0 atom stereocenters. The summed E-state index contributed by atoms with van der Waals surface area (Å²) < 4.78 is 0. The van der Waals surface area contributed by atoms with Gasteiger partial charge in [-0.05, 0) is 39.8 Å². The molecule has 1 aliphatic rings. The molecule has 0 aliphatic carbocycles. The summed E-state index contributed by atoms with van der Waals surface area (Å²) in [6, 6.07) is 0. The number of likely N-dealkylation sites (tertiary alicyclic amines) is 1. The molecule has 0 spiro atoms. The average molecular weight is 480 g/mol. The second-order valence-corrected chi connectivity index (χ2v) is 7.99. The lowest BCUT2D eigenvalue weighted by Gasteiger charge is -2.41. The summed E-state index contributed by atoms with van der Waals surface area (Å²) in [6.07, 6.45) is 3.99. The Balaban J connectivity index is 0.00000312. The third-order valence-electron chi connectivity index (χ3n) is 4.48. The number of hydrogen-bond donors (Lipinski definition) is 2. The van der Waals surface area contributed by atoms with E-state index in [0.717, 1.165) is 23.3 Å². The van der Waals surface area contributed by atoms with Gasteiger partial charge < -0.3 is 15.5 Å². The molecule has 1 saturated heterocycles. The molecule has 2 heterocycles. The van der Waals surface area contributed by atoms with Crippen molar-refractivity contribution in [3.05, 3.63) is 11.1 Å². The zero-order valence-corrected chi connectivity index (χ0v) is 19.3. The first-order valence-corrected chi connectivity index (χ1v) is 9.61. The predicted molar refractivity (Wildman–Crippen MR) is 120 cm³/mol. The van der Waals surface area contributed by atoms with Gasteiger partial charge in [-0.25, -0.2) is 4.98 Å². The molecule has 0 bridgehead atoms. The quantitative estimate of drug-likeness (QED) is 0.373. The molecule has 1 aromatic rings. The maximum Gasteiger partial charge on any atom is 0.191 e. The molecule has 144 valence electrons. The Morgan fingerprint density at radius 3 is 2.52 bits per heavy atom. The van der Waals surface area contributed by atoms with E-state index in [9.17, 15) is 0 Å². The molecule has 2 N–H and O–H groups in total. The summed E-state index contributed by atoms with van der Waals surface area (Å²) in [5, 5.41) is 9.95. The summed E-state index contributed by atoms with van der Waals surface area (Å²) in [5.74, 6) is 0.833. The molecule has 0 unspecified atom stereocenters. The van der Waals surface area contributed by atoms with E-state index in [1.54, 1.807) is 11.3 Å². The van der Waals surface area contributed by atoms with Gasteiger partial charge in [0.25, 0.3) is 0 Å². The first-order chi connectivity index (χ1) is 11.4. The van der Waals surface area contributed by atoms with Crippen molar-refractivity contribution in [2.45, 2.75) is 45.2 Å². The van der Waals surface area contributed by atoms with E-state index >= 15 is 0 Å². The van der Waals surface area contributed by atoms with Crippen LogP contribution in [-0.4, -0.2) is 62.2 Å². The Morgan fingerprint density at radius 2 is 1.96 bits per heavy atom. The Kier molecular flexibility index (Phi) is 9.44. The van der Waals surface area contributed by atoms with Crippen molar-refractivity contribution in [1.82, 2.24) is 20.5 Å². The number of piperidine rings is 1. The topological polar surface area (TPSA) is 55.8 Å². The van der Waals surface area contributed by atoms with Crippen LogP contribution in [0.25, 0.3) is 0 Å². The summed E-state index contributed by atoms with van der Waals surface area (Å²) in [6.45, 7) is 8.59. The molecule has 0 saturated carbocycles. The molecule has 0 amide bonds. The zero-order chi connectivity index (χ0) is 17.6. The van der Waals surface area contributed by atoms with Crippen molar-refractivity contribution in [2.75, 3.05) is 45.7 Å². The van der Waals surface area contributed by atoms with Crippen LogP contribution < -0.4 is 15.5 Å². The number of guanidine groups is 1. The third-order valence-corrected chi connectivity index (χ3v) is 5.54. The van der Waals surface area contributed by atoms with Crippen molar-refractivity contribution in [3.8, 4) is 0 Å². The van der Waals surface area contributed by atoms with Crippen molar-refractivity contribution in [2.24, 2.45) is 4.99 Å². The van der Waals surface area contributed by atoms with E-state index in [4.69, 9.17) is 0 Å².